The number of imidazole rings is 1. The SMILES string of the molecule is CCCc1c(Cl)nc(-c2ncc[nH]2)nc1Cl. The highest BCUT2D eigenvalue weighted by Gasteiger charge is 2.12. The first-order valence-corrected chi connectivity index (χ1v) is 5.69. The van der Waals surface area contributed by atoms with Crippen LogP contribution in [0.1, 0.15) is 18.9 Å². The first-order chi connectivity index (χ1) is 7.72. The molecule has 2 heterocycles. The molecular weight excluding hydrogens is 247 g/mol. The van der Waals surface area contributed by atoms with Crippen molar-refractivity contribution in [2.75, 3.05) is 0 Å². The Bertz CT molecular complexity index is 459. The zero-order valence-electron chi connectivity index (χ0n) is 8.67. The fraction of sp³-hybridized carbons (Fsp3) is 0.300. The van der Waals surface area contributed by atoms with E-state index in [9.17, 15) is 0 Å². The predicted molar refractivity (Wildman–Crippen MR) is 63.6 cm³/mol. The second-order valence-electron chi connectivity index (χ2n) is 3.30. The predicted octanol–water partition coefficient (Wildman–Crippen LogP) is 3.13. The number of hydrogen-bond donors (Lipinski definition) is 1. The summed E-state index contributed by atoms with van der Waals surface area (Å²) in [7, 11) is 0. The van der Waals surface area contributed by atoms with Crippen molar-refractivity contribution < 1.29 is 0 Å². The van der Waals surface area contributed by atoms with Gasteiger partial charge in [-0.15, -0.1) is 0 Å². The molecule has 0 aromatic carbocycles. The van der Waals surface area contributed by atoms with Crippen LogP contribution in [0.3, 0.4) is 0 Å². The number of nitrogens with zero attached hydrogens (tertiary/aromatic N) is 3. The Labute approximate surface area is 103 Å². The molecule has 2 aromatic rings. The van der Waals surface area contributed by atoms with Crippen molar-refractivity contribution >= 4 is 23.2 Å². The fourth-order valence-electron chi connectivity index (χ4n) is 1.38. The smallest absolute Gasteiger partial charge is 0.198 e. The third-order valence-corrected chi connectivity index (χ3v) is 2.74. The molecule has 2 rings (SSSR count). The van der Waals surface area contributed by atoms with E-state index in [0.29, 0.717) is 22.0 Å². The summed E-state index contributed by atoms with van der Waals surface area (Å²) >= 11 is 12.1. The quantitative estimate of drug-likeness (QED) is 0.859. The number of H-pyrrole nitrogens is 1. The molecule has 0 atom stereocenters. The van der Waals surface area contributed by atoms with Gasteiger partial charge in [-0.1, -0.05) is 36.5 Å². The Balaban J connectivity index is 2.45. The maximum Gasteiger partial charge on any atom is 0.198 e. The molecule has 0 spiro atoms. The lowest BCUT2D eigenvalue weighted by molar-refractivity contribution is 0.901. The Morgan fingerprint density at radius 3 is 2.44 bits per heavy atom. The number of rotatable bonds is 3. The van der Waals surface area contributed by atoms with E-state index in [1.165, 1.54) is 0 Å². The molecule has 0 bridgehead atoms. The van der Waals surface area contributed by atoms with Gasteiger partial charge in [0.05, 0.1) is 0 Å². The van der Waals surface area contributed by atoms with Gasteiger partial charge < -0.3 is 4.98 Å². The third-order valence-electron chi connectivity index (χ3n) is 2.12. The monoisotopic (exact) mass is 256 g/mol. The van der Waals surface area contributed by atoms with E-state index in [1.54, 1.807) is 12.4 Å². The highest BCUT2D eigenvalue weighted by atomic mass is 35.5. The molecular formula is C10H10Cl2N4. The largest absolute Gasteiger partial charge is 0.342 e. The molecule has 16 heavy (non-hydrogen) atoms. The standard InChI is InChI=1S/C10H10Cl2N4/c1-2-3-6-7(11)15-10(16-8(6)12)9-13-4-5-14-9/h4-5H,2-3H2,1H3,(H,13,14). The molecule has 6 heteroatoms. The van der Waals surface area contributed by atoms with Gasteiger partial charge in [0.2, 0.25) is 0 Å². The van der Waals surface area contributed by atoms with Crippen LogP contribution < -0.4 is 0 Å². The van der Waals surface area contributed by atoms with E-state index in [0.717, 1.165) is 18.4 Å². The highest BCUT2D eigenvalue weighted by molar-refractivity contribution is 6.34. The van der Waals surface area contributed by atoms with Gasteiger partial charge in [-0.3, -0.25) is 0 Å². The number of halogens is 2. The van der Waals surface area contributed by atoms with E-state index in [-0.39, 0.29) is 0 Å². The van der Waals surface area contributed by atoms with Crippen molar-refractivity contribution in [3.8, 4) is 11.6 Å². The summed E-state index contributed by atoms with van der Waals surface area (Å²) in [6.45, 7) is 2.05. The van der Waals surface area contributed by atoms with Crippen molar-refractivity contribution in [1.82, 2.24) is 19.9 Å². The second kappa shape index (κ2) is 4.80. The summed E-state index contributed by atoms with van der Waals surface area (Å²) in [5.74, 6) is 0.978. The van der Waals surface area contributed by atoms with Gasteiger partial charge in [-0.25, -0.2) is 15.0 Å². The summed E-state index contributed by atoms with van der Waals surface area (Å²) in [5, 5.41) is 0.793. The summed E-state index contributed by atoms with van der Waals surface area (Å²) in [4.78, 5) is 15.3. The van der Waals surface area contributed by atoms with E-state index in [4.69, 9.17) is 23.2 Å². The molecule has 4 nitrogen and oxygen atoms in total. The van der Waals surface area contributed by atoms with E-state index in [2.05, 4.69) is 19.9 Å². The molecule has 0 radical (unpaired) electrons. The molecule has 0 aliphatic heterocycles. The number of aromatic nitrogens is 4. The van der Waals surface area contributed by atoms with Crippen LogP contribution in [0.4, 0.5) is 0 Å². The lowest BCUT2D eigenvalue weighted by atomic mass is 10.2. The second-order valence-corrected chi connectivity index (χ2v) is 4.01. The highest BCUT2D eigenvalue weighted by Crippen LogP contribution is 2.25. The van der Waals surface area contributed by atoms with Crippen LogP contribution in [-0.2, 0) is 6.42 Å². The van der Waals surface area contributed by atoms with Crippen LogP contribution in [-0.4, -0.2) is 19.9 Å². The molecule has 2 aromatic heterocycles. The molecule has 0 saturated heterocycles. The summed E-state index contributed by atoms with van der Waals surface area (Å²) < 4.78 is 0. The van der Waals surface area contributed by atoms with E-state index >= 15 is 0 Å². The number of nitrogens with one attached hydrogen (secondary N) is 1. The van der Waals surface area contributed by atoms with Gasteiger partial charge >= 0.3 is 0 Å². The van der Waals surface area contributed by atoms with Gasteiger partial charge in [0.25, 0.3) is 0 Å². The molecule has 84 valence electrons. The van der Waals surface area contributed by atoms with E-state index in [1.807, 2.05) is 6.92 Å². The zero-order chi connectivity index (χ0) is 11.5. The molecule has 0 unspecified atom stereocenters. The average Bonchev–Trinajstić information content (AvgIpc) is 2.76. The fourth-order valence-corrected chi connectivity index (χ4v) is 1.96. The lowest BCUT2D eigenvalue weighted by Gasteiger charge is -2.05. The van der Waals surface area contributed by atoms with E-state index < -0.39 is 0 Å². The van der Waals surface area contributed by atoms with Crippen LogP contribution in [0.15, 0.2) is 12.4 Å². The van der Waals surface area contributed by atoms with Crippen LogP contribution >= 0.6 is 23.2 Å². The topological polar surface area (TPSA) is 54.5 Å². The molecule has 0 fully saturated rings. The molecule has 0 amide bonds. The Morgan fingerprint density at radius 1 is 1.25 bits per heavy atom. The van der Waals surface area contributed by atoms with Gasteiger partial charge in [0.15, 0.2) is 11.6 Å². The van der Waals surface area contributed by atoms with Crippen LogP contribution in [0.5, 0.6) is 0 Å². The van der Waals surface area contributed by atoms with Crippen molar-refractivity contribution in [2.24, 2.45) is 0 Å². The third kappa shape index (κ3) is 2.18. The van der Waals surface area contributed by atoms with Gasteiger partial charge in [0.1, 0.15) is 10.3 Å². The maximum absolute atomic E-state index is 6.05. The van der Waals surface area contributed by atoms with Gasteiger partial charge in [0, 0.05) is 18.0 Å². The first kappa shape index (κ1) is 11.4. The van der Waals surface area contributed by atoms with Gasteiger partial charge in [-0.2, -0.15) is 0 Å². The minimum absolute atomic E-state index is 0.397. The summed E-state index contributed by atoms with van der Waals surface area (Å²) in [6.07, 6.45) is 5.04. The molecule has 1 N–H and O–H groups in total. The van der Waals surface area contributed by atoms with Crippen molar-refractivity contribution in [3.63, 3.8) is 0 Å². The average molecular weight is 257 g/mol. The van der Waals surface area contributed by atoms with Crippen molar-refractivity contribution in [1.29, 1.82) is 0 Å². The summed E-state index contributed by atoms with van der Waals surface area (Å²) in [5.41, 5.74) is 0.793. The van der Waals surface area contributed by atoms with Crippen LogP contribution in [0.2, 0.25) is 10.3 Å². The summed E-state index contributed by atoms with van der Waals surface area (Å²) in [6, 6.07) is 0. The molecule has 0 aliphatic rings. The van der Waals surface area contributed by atoms with Crippen LogP contribution in [0, 0.1) is 0 Å². The maximum atomic E-state index is 6.05. The zero-order valence-corrected chi connectivity index (χ0v) is 10.2. The molecule has 0 saturated carbocycles. The molecule has 0 aliphatic carbocycles. The Kier molecular flexibility index (Phi) is 3.41. The minimum Gasteiger partial charge on any atom is -0.342 e. The first-order valence-electron chi connectivity index (χ1n) is 4.94. The lowest BCUT2D eigenvalue weighted by Crippen LogP contribution is -1.98. The number of aromatic amines is 1. The Hall–Kier alpha value is -1.13. The Morgan fingerprint density at radius 2 is 1.94 bits per heavy atom. The van der Waals surface area contributed by atoms with Crippen molar-refractivity contribution in [3.05, 3.63) is 28.3 Å². The minimum atomic E-state index is 0.397. The van der Waals surface area contributed by atoms with Gasteiger partial charge in [-0.05, 0) is 6.42 Å². The normalized spacial score (nSPS) is 10.7. The number of hydrogen-bond acceptors (Lipinski definition) is 3. The van der Waals surface area contributed by atoms with Crippen LogP contribution in [0.25, 0.3) is 11.6 Å². The van der Waals surface area contributed by atoms with Crippen molar-refractivity contribution in [2.45, 2.75) is 19.8 Å².